The highest BCUT2D eigenvalue weighted by atomic mass is 19.1. The van der Waals surface area contributed by atoms with Crippen LogP contribution in [0.25, 0.3) is 11.0 Å². The van der Waals surface area contributed by atoms with E-state index in [1.165, 1.54) is 12.1 Å². The molecule has 1 fully saturated rings. The Morgan fingerprint density at radius 1 is 1.21 bits per heavy atom. The number of imidazole rings is 1. The van der Waals surface area contributed by atoms with E-state index in [1.807, 2.05) is 36.9 Å². The van der Waals surface area contributed by atoms with E-state index in [1.54, 1.807) is 12.1 Å². The summed E-state index contributed by atoms with van der Waals surface area (Å²) in [7, 11) is 0. The van der Waals surface area contributed by atoms with Gasteiger partial charge < -0.3 is 15.0 Å². The molecule has 6 nitrogen and oxygen atoms in total. The van der Waals surface area contributed by atoms with Crippen molar-refractivity contribution in [3.63, 3.8) is 0 Å². The lowest BCUT2D eigenvalue weighted by Crippen LogP contribution is -2.49. The van der Waals surface area contributed by atoms with Gasteiger partial charge in [-0.2, -0.15) is 0 Å². The van der Waals surface area contributed by atoms with E-state index >= 15 is 0 Å². The molecular formula is C26H33FN4O2. The highest BCUT2D eigenvalue weighted by Crippen LogP contribution is 2.34. The molecule has 1 amide bonds. The first-order valence-corrected chi connectivity index (χ1v) is 11.8. The Bertz CT molecular complexity index is 1100. The minimum absolute atomic E-state index is 0.182. The number of hydrogen-bond donors (Lipinski definition) is 2. The van der Waals surface area contributed by atoms with E-state index in [0.29, 0.717) is 25.6 Å². The third-order valence-corrected chi connectivity index (χ3v) is 6.34. The normalized spacial score (nSPS) is 21.2. The zero-order valence-electron chi connectivity index (χ0n) is 19.5. The van der Waals surface area contributed by atoms with Crippen LogP contribution < -0.4 is 5.32 Å². The molecule has 7 heteroatoms. The lowest BCUT2D eigenvalue weighted by atomic mass is 9.93. The van der Waals surface area contributed by atoms with Gasteiger partial charge in [0, 0.05) is 25.6 Å². The van der Waals surface area contributed by atoms with E-state index in [9.17, 15) is 14.3 Å². The van der Waals surface area contributed by atoms with Crippen LogP contribution in [0.15, 0.2) is 48.5 Å². The Morgan fingerprint density at radius 3 is 2.64 bits per heavy atom. The third kappa shape index (κ3) is 4.94. The maximum atomic E-state index is 13.5. The van der Waals surface area contributed by atoms with E-state index in [2.05, 4.69) is 22.9 Å². The van der Waals surface area contributed by atoms with Crippen LogP contribution in [0.1, 0.15) is 44.5 Å². The molecule has 1 saturated heterocycles. The minimum atomic E-state index is -0.897. The standard InChI is InChI=1S/C26H33FN4O2/c1-4-13-31-22-8-6-5-7-21(22)29-23(31)16-30-15-20(18-9-11-19(27)12-10-18)25(32)24(30)26(33)28-14-17(2)3/h5-12,17,20,24-25,32H,4,13-16H2,1-3H3,(H,28,33)/t20-,24+,25-/m1/s1. The third-order valence-electron chi connectivity index (χ3n) is 6.34. The zero-order valence-corrected chi connectivity index (χ0v) is 19.5. The van der Waals surface area contributed by atoms with E-state index in [4.69, 9.17) is 4.98 Å². The summed E-state index contributed by atoms with van der Waals surface area (Å²) in [4.78, 5) is 20.0. The number of carbonyl (C=O) groups excluding carboxylic acids is 1. The average Bonchev–Trinajstić information content (AvgIpc) is 3.30. The van der Waals surface area contributed by atoms with Crippen molar-refractivity contribution in [2.24, 2.45) is 5.92 Å². The Morgan fingerprint density at radius 2 is 1.94 bits per heavy atom. The smallest absolute Gasteiger partial charge is 0.240 e. The van der Waals surface area contributed by atoms with Crippen molar-refractivity contribution in [1.82, 2.24) is 19.8 Å². The van der Waals surface area contributed by atoms with Crippen LogP contribution in [0.5, 0.6) is 0 Å². The predicted molar refractivity (Wildman–Crippen MR) is 127 cm³/mol. The van der Waals surface area contributed by atoms with Crippen LogP contribution in [0.2, 0.25) is 0 Å². The fourth-order valence-corrected chi connectivity index (χ4v) is 4.72. The van der Waals surface area contributed by atoms with Gasteiger partial charge in [0.05, 0.1) is 23.7 Å². The van der Waals surface area contributed by atoms with Gasteiger partial charge in [-0.1, -0.05) is 45.0 Å². The number of likely N-dealkylation sites (tertiary alicyclic amines) is 1. The fraction of sp³-hybridized carbons (Fsp3) is 0.462. The van der Waals surface area contributed by atoms with Crippen molar-refractivity contribution in [3.8, 4) is 0 Å². The SMILES string of the molecule is CCCn1c(CN2C[C@H](c3ccc(F)cc3)[C@@H](O)[C@H]2C(=O)NCC(C)C)nc2ccccc21. The molecule has 1 aliphatic rings. The maximum absolute atomic E-state index is 13.5. The monoisotopic (exact) mass is 452 g/mol. The molecule has 0 saturated carbocycles. The lowest BCUT2D eigenvalue weighted by molar-refractivity contribution is -0.128. The summed E-state index contributed by atoms with van der Waals surface area (Å²) in [6, 6.07) is 13.5. The first-order valence-electron chi connectivity index (χ1n) is 11.8. The van der Waals surface area contributed by atoms with Gasteiger partial charge in [0.2, 0.25) is 5.91 Å². The second-order valence-electron chi connectivity index (χ2n) is 9.33. The molecule has 1 aromatic heterocycles. The Hall–Kier alpha value is -2.77. The number of nitrogens with zero attached hydrogens (tertiary/aromatic N) is 3. The summed E-state index contributed by atoms with van der Waals surface area (Å²) in [6.45, 7) is 8.52. The van der Waals surface area contributed by atoms with Crippen molar-refractivity contribution in [1.29, 1.82) is 0 Å². The number of aromatic nitrogens is 2. The van der Waals surface area contributed by atoms with E-state index < -0.39 is 12.1 Å². The van der Waals surface area contributed by atoms with Gasteiger partial charge in [-0.05, 0) is 42.2 Å². The topological polar surface area (TPSA) is 70.4 Å². The van der Waals surface area contributed by atoms with Crippen LogP contribution in [0.4, 0.5) is 4.39 Å². The molecule has 2 heterocycles. The molecule has 0 unspecified atom stereocenters. The number of fused-ring (bicyclic) bond motifs is 1. The molecule has 4 rings (SSSR count). The largest absolute Gasteiger partial charge is 0.390 e. The molecule has 0 aliphatic carbocycles. The van der Waals surface area contributed by atoms with Gasteiger partial charge in [0.15, 0.2) is 0 Å². The molecule has 2 aromatic carbocycles. The highest BCUT2D eigenvalue weighted by molar-refractivity contribution is 5.83. The first-order chi connectivity index (χ1) is 15.9. The van der Waals surface area contributed by atoms with Gasteiger partial charge in [-0.25, -0.2) is 9.37 Å². The number of para-hydroxylation sites is 2. The Labute approximate surface area is 194 Å². The van der Waals surface area contributed by atoms with Gasteiger partial charge in [0.1, 0.15) is 17.7 Å². The quantitative estimate of drug-likeness (QED) is 0.547. The van der Waals surface area contributed by atoms with Crippen molar-refractivity contribution >= 4 is 16.9 Å². The molecule has 3 atom stereocenters. The molecular weight excluding hydrogens is 419 g/mol. The van der Waals surface area contributed by atoms with Crippen molar-refractivity contribution in [3.05, 3.63) is 65.7 Å². The minimum Gasteiger partial charge on any atom is -0.390 e. The van der Waals surface area contributed by atoms with Crippen molar-refractivity contribution < 1.29 is 14.3 Å². The maximum Gasteiger partial charge on any atom is 0.240 e. The number of aliphatic hydroxyl groups is 1. The van der Waals surface area contributed by atoms with E-state index in [-0.39, 0.29) is 17.6 Å². The number of aliphatic hydroxyl groups excluding tert-OH is 1. The summed E-state index contributed by atoms with van der Waals surface area (Å²) >= 11 is 0. The van der Waals surface area contributed by atoms with Gasteiger partial charge in [-0.15, -0.1) is 0 Å². The number of carbonyl (C=O) groups is 1. The Kier molecular flexibility index (Phi) is 7.10. The molecule has 3 aromatic rings. The van der Waals surface area contributed by atoms with Crippen LogP contribution in [-0.4, -0.2) is 50.7 Å². The molecule has 1 aliphatic heterocycles. The lowest BCUT2D eigenvalue weighted by Gasteiger charge is -2.25. The number of halogens is 1. The number of rotatable bonds is 8. The molecule has 33 heavy (non-hydrogen) atoms. The Balaban J connectivity index is 1.66. The van der Waals surface area contributed by atoms with Crippen LogP contribution >= 0.6 is 0 Å². The highest BCUT2D eigenvalue weighted by Gasteiger charge is 2.45. The molecule has 176 valence electrons. The summed E-state index contributed by atoms with van der Waals surface area (Å²) in [5, 5.41) is 14.2. The average molecular weight is 453 g/mol. The van der Waals surface area contributed by atoms with E-state index in [0.717, 1.165) is 35.4 Å². The van der Waals surface area contributed by atoms with Crippen LogP contribution in [0.3, 0.4) is 0 Å². The molecule has 0 radical (unpaired) electrons. The second kappa shape index (κ2) is 10.0. The zero-order chi connectivity index (χ0) is 23.5. The summed E-state index contributed by atoms with van der Waals surface area (Å²) in [5.41, 5.74) is 2.83. The molecule has 2 N–H and O–H groups in total. The molecule has 0 bridgehead atoms. The van der Waals surface area contributed by atoms with Crippen LogP contribution in [-0.2, 0) is 17.9 Å². The summed E-state index contributed by atoms with van der Waals surface area (Å²) in [6.07, 6.45) is 0.0681. The second-order valence-corrected chi connectivity index (χ2v) is 9.33. The number of amides is 1. The van der Waals surface area contributed by atoms with Gasteiger partial charge in [0.25, 0.3) is 0 Å². The number of aryl methyl sites for hydroxylation is 1. The number of benzene rings is 2. The summed E-state index contributed by atoms with van der Waals surface area (Å²) < 4.78 is 15.7. The predicted octanol–water partition coefficient (Wildman–Crippen LogP) is 3.69. The van der Waals surface area contributed by atoms with Gasteiger partial charge in [-0.3, -0.25) is 9.69 Å². The number of nitrogens with one attached hydrogen (secondary N) is 1. The van der Waals surface area contributed by atoms with Crippen molar-refractivity contribution in [2.45, 2.75) is 58.3 Å². The van der Waals surface area contributed by atoms with Crippen molar-refractivity contribution in [2.75, 3.05) is 13.1 Å². The van der Waals surface area contributed by atoms with Gasteiger partial charge >= 0.3 is 0 Å². The number of hydrogen-bond acceptors (Lipinski definition) is 4. The first kappa shape index (κ1) is 23.4. The molecule has 0 spiro atoms. The van der Waals surface area contributed by atoms with Crippen LogP contribution in [0, 0.1) is 11.7 Å². The summed E-state index contributed by atoms with van der Waals surface area (Å²) in [5.74, 6) is 0.403. The fourth-order valence-electron chi connectivity index (χ4n) is 4.72.